The van der Waals surface area contributed by atoms with Gasteiger partial charge in [0.1, 0.15) is 18.1 Å². The van der Waals surface area contributed by atoms with Gasteiger partial charge in [-0.1, -0.05) is 0 Å². The Morgan fingerprint density at radius 3 is 2.50 bits per heavy atom. The van der Waals surface area contributed by atoms with Gasteiger partial charge in [-0.3, -0.25) is 4.79 Å². The van der Waals surface area contributed by atoms with Crippen LogP contribution in [0.4, 0.5) is 13.2 Å². The Kier molecular flexibility index (Phi) is 4.00. The number of halogens is 3. The van der Waals surface area contributed by atoms with Gasteiger partial charge in [-0.15, -0.1) is 0 Å². The molecule has 1 amide bonds. The minimum absolute atomic E-state index is 0.0269. The molecule has 1 heterocycles. The summed E-state index contributed by atoms with van der Waals surface area (Å²) >= 11 is 0. The second-order valence-electron chi connectivity index (χ2n) is 3.63. The minimum Gasteiger partial charge on any atom is -0.480 e. The molecule has 8 heteroatoms. The zero-order valence-electron chi connectivity index (χ0n) is 9.25. The van der Waals surface area contributed by atoms with Crippen LogP contribution in [0, 0.1) is 6.92 Å². The van der Waals surface area contributed by atoms with Gasteiger partial charge in [-0.2, -0.15) is 13.2 Å². The maximum absolute atomic E-state index is 12.1. The standard InChI is InChI=1S/C10H10F3NO4/c1-5-2-6(4-18-5)8(15)14-7(9(16)17)3-10(11,12)13/h2,4,7H,3H2,1H3,(H,14,15)(H,16,17). The summed E-state index contributed by atoms with van der Waals surface area (Å²) in [5, 5.41) is 10.4. The number of hydrogen-bond donors (Lipinski definition) is 2. The molecule has 0 aliphatic rings. The van der Waals surface area contributed by atoms with E-state index in [1.807, 2.05) is 0 Å². The van der Waals surface area contributed by atoms with Gasteiger partial charge in [0.15, 0.2) is 0 Å². The lowest BCUT2D eigenvalue weighted by atomic mass is 10.2. The molecule has 0 aliphatic carbocycles. The molecular weight excluding hydrogens is 255 g/mol. The van der Waals surface area contributed by atoms with Crippen molar-refractivity contribution in [3.63, 3.8) is 0 Å². The quantitative estimate of drug-likeness (QED) is 0.868. The molecule has 0 saturated heterocycles. The topological polar surface area (TPSA) is 79.5 Å². The zero-order valence-corrected chi connectivity index (χ0v) is 9.25. The van der Waals surface area contributed by atoms with Crippen molar-refractivity contribution in [2.45, 2.75) is 25.6 Å². The molecule has 0 radical (unpaired) electrons. The number of carbonyl (C=O) groups is 2. The minimum atomic E-state index is -4.68. The Balaban J connectivity index is 2.73. The Morgan fingerprint density at radius 2 is 2.11 bits per heavy atom. The van der Waals surface area contributed by atoms with Crippen LogP contribution in [0.25, 0.3) is 0 Å². The molecule has 1 aromatic rings. The molecule has 1 rings (SSSR count). The fourth-order valence-corrected chi connectivity index (χ4v) is 1.24. The lowest BCUT2D eigenvalue weighted by Gasteiger charge is -2.15. The van der Waals surface area contributed by atoms with Gasteiger partial charge >= 0.3 is 12.1 Å². The highest BCUT2D eigenvalue weighted by Crippen LogP contribution is 2.22. The van der Waals surface area contributed by atoms with Gasteiger partial charge in [0, 0.05) is 0 Å². The van der Waals surface area contributed by atoms with E-state index in [0.29, 0.717) is 5.76 Å². The third-order valence-electron chi connectivity index (χ3n) is 2.03. The van der Waals surface area contributed by atoms with Crippen molar-refractivity contribution >= 4 is 11.9 Å². The molecule has 1 aromatic heterocycles. The Hall–Kier alpha value is -1.99. The summed E-state index contributed by atoms with van der Waals surface area (Å²) in [7, 11) is 0. The van der Waals surface area contributed by atoms with Crippen LogP contribution in [0.15, 0.2) is 16.7 Å². The van der Waals surface area contributed by atoms with E-state index in [4.69, 9.17) is 9.52 Å². The van der Waals surface area contributed by atoms with Gasteiger partial charge in [0.05, 0.1) is 12.0 Å². The molecule has 18 heavy (non-hydrogen) atoms. The summed E-state index contributed by atoms with van der Waals surface area (Å²) < 4.78 is 41.1. The summed E-state index contributed by atoms with van der Waals surface area (Å²) in [6.07, 6.45) is -5.27. The molecule has 100 valence electrons. The average Bonchev–Trinajstić information content (AvgIpc) is 2.61. The van der Waals surface area contributed by atoms with Crippen LogP contribution in [0.3, 0.4) is 0 Å². The molecule has 0 aliphatic heterocycles. The largest absolute Gasteiger partial charge is 0.480 e. The highest BCUT2D eigenvalue weighted by molar-refractivity contribution is 5.96. The number of carbonyl (C=O) groups excluding carboxylic acids is 1. The molecule has 0 saturated carbocycles. The highest BCUT2D eigenvalue weighted by atomic mass is 19.4. The molecule has 5 nitrogen and oxygen atoms in total. The van der Waals surface area contributed by atoms with Crippen LogP contribution in [0.1, 0.15) is 22.5 Å². The molecule has 0 aromatic carbocycles. The van der Waals surface area contributed by atoms with Crippen molar-refractivity contribution in [1.82, 2.24) is 5.32 Å². The number of carboxylic acids is 1. The molecule has 0 bridgehead atoms. The number of hydrogen-bond acceptors (Lipinski definition) is 3. The SMILES string of the molecule is Cc1cc(C(=O)NC(CC(F)(F)F)C(=O)O)co1. The summed E-state index contributed by atoms with van der Waals surface area (Å²) in [6.45, 7) is 1.54. The van der Waals surface area contributed by atoms with Crippen LogP contribution in [-0.2, 0) is 4.79 Å². The van der Waals surface area contributed by atoms with Gasteiger partial charge in [-0.25, -0.2) is 4.79 Å². The lowest BCUT2D eigenvalue weighted by Crippen LogP contribution is -2.43. The van der Waals surface area contributed by atoms with Gasteiger partial charge in [0.25, 0.3) is 5.91 Å². The monoisotopic (exact) mass is 265 g/mol. The first-order chi connectivity index (χ1) is 8.19. The van der Waals surface area contributed by atoms with Crippen molar-refractivity contribution in [3.8, 4) is 0 Å². The maximum atomic E-state index is 12.1. The van der Waals surface area contributed by atoms with Crippen molar-refractivity contribution in [3.05, 3.63) is 23.7 Å². The fourth-order valence-electron chi connectivity index (χ4n) is 1.24. The van der Waals surface area contributed by atoms with Crippen LogP contribution in [0.5, 0.6) is 0 Å². The smallest absolute Gasteiger partial charge is 0.391 e. The third kappa shape index (κ3) is 4.11. The molecule has 0 spiro atoms. The van der Waals surface area contributed by atoms with E-state index in [-0.39, 0.29) is 5.56 Å². The summed E-state index contributed by atoms with van der Waals surface area (Å²) in [5.41, 5.74) is -0.0269. The molecule has 2 N–H and O–H groups in total. The number of amides is 1. The number of carboxylic acid groups (broad SMARTS) is 1. The predicted octanol–water partition coefficient (Wildman–Crippen LogP) is 1.72. The highest BCUT2D eigenvalue weighted by Gasteiger charge is 2.36. The first-order valence-electron chi connectivity index (χ1n) is 4.84. The van der Waals surface area contributed by atoms with Gasteiger partial charge < -0.3 is 14.8 Å². The van der Waals surface area contributed by atoms with Crippen molar-refractivity contribution < 1.29 is 32.3 Å². The van der Waals surface area contributed by atoms with E-state index >= 15 is 0 Å². The van der Waals surface area contributed by atoms with Crippen LogP contribution in [-0.4, -0.2) is 29.2 Å². The van der Waals surface area contributed by atoms with E-state index < -0.39 is 30.5 Å². The number of alkyl halides is 3. The van der Waals surface area contributed by atoms with E-state index in [9.17, 15) is 22.8 Å². The molecule has 1 unspecified atom stereocenters. The van der Waals surface area contributed by atoms with Crippen LogP contribution >= 0.6 is 0 Å². The molecular formula is C10H10F3NO4. The van der Waals surface area contributed by atoms with Crippen LogP contribution in [0.2, 0.25) is 0 Å². The van der Waals surface area contributed by atoms with E-state index in [1.165, 1.54) is 6.07 Å². The zero-order chi connectivity index (χ0) is 13.9. The molecule has 1 atom stereocenters. The number of aryl methyl sites for hydroxylation is 1. The predicted molar refractivity (Wildman–Crippen MR) is 53.0 cm³/mol. The van der Waals surface area contributed by atoms with Crippen molar-refractivity contribution in [1.29, 1.82) is 0 Å². The van der Waals surface area contributed by atoms with Crippen molar-refractivity contribution in [2.24, 2.45) is 0 Å². The third-order valence-corrected chi connectivity index (χ3v) is 2.03. The normalized spacial score (nSPS) is 13.1. The molecule has 0 fully saturated rings. The van der Waals surface area contributed by atoms with E-state index in [2.05, 4.69) is 0 Å². The summed E-state index contributed by atoms with van der Waals surface area (Å²) in [5.74, 6) is -2.28. The maximum Gasteiger partial charge on any atom is 0.391 e. The Bertz CT molecular complexity index is 452. The van der Waals surface area contributed by atoms with Crippen molar-refractivity contribution in [2.75, 3.05) is 0 Å². The number of rotatable bonds is 4. The Labute approximate surface area is 99.6 Å². The first kappa shape index (κ1) is 14.1. The summed E-state index contributed by atoms with van der Waals surface area (Å²) in [6, 6.07) is -0.727. The van der Waals surface area contributed by atoms with E-state index in [0.717, 1.165) is 6.26 Å². The fraction of sp³-hybridized carbons (Fsp3) is 0.400. The number of aliphatic carboxylic acids is 1. The Morgan fingerprint density at radius 1 is 1.50 bits per heavy atom. The van der Waals surface area contributed by atoms with Gasteiger partial charge in [-0.05, 0) is 13.0 Å². The van der Waals surface area contributed by atoms with E-state index in [1.54, 1.807) is 12.2 Å². The number of furan rings is 1. The average molecular weight is 265 g/mol. The first-order valence-corrected chi connectivity index (χ1v) is 4.84. The van der Waals surface area contributed by atoms with Gasteiger partial charge in [0.2, 0.25) is 0 Å². The second-order valence-corrected chi connectivity index (χ2v) is 3.63. The number of nitrogens with one attached hydrogen (secondary N) is 1. The second kappa shape index (κ2) is 5.11. The summed E-state index contributed by atoms with van der Waals surface area (Å²) in [4.78, 5) is 22.1. The lowest BCUT2D eigenvalue weighted by molar-refractivity contribution is -0.157. The van der Waals surface area contributed by atoms with Crippen LogP contribution < -0.4 is 5.32 Å².